The Hall–Kier alpha value is -1.30. The first-order valence-corrected chi connectivity index (χ1v) is 4.34. The van der Waals surface area contributed by atoms with Gasteiger partial charge in [0.2, 0.25) is 0 Å². The molecule has 0 bridgehead atoms. The highest BCUT2D eigenvalue weighted by Gasteiger charge is 2.33. The third-order valence-electron chi connectivity index (χ3n) is 1.60. The second kappa shape index (κ2) is 4.29. The van der Waals surface area contributed by atoms with E-state index in [9.17, 15) is 22.4 Å². The molecule has 0 unspecified atom stereocenters. The molecule has 1 aromatic rings. The van der Waals surface area contributed by atoms with Crippen LogP contribution >= 0.6 is 11.6 Å². The van der Waals surface area contributed by atoms with Gasteiger partial charge in [-0.3, -0.25) is 4.79 Å². The van der Waals surface area contributed by atoms with E-state index in [4.69, 9.17) is 11.6 Å². The van der Waals surface area contributed by atoms with Gasteiger partial charge in [-0.15, -0.1) is 13.2 Å². The molecule has 88 valence electrons. The first kappa shape index (κ1) is 12.8. The number of hydrogen-bond donors (Lipinski definition) is 0. The van der Waals surface area contributed by atoms with Gasteiger partial charge in [0.1, 0.15) is 11.6 Å². The molecule has 0 amide bonds. The third kappa shape index (κ3) is 3.10. The van der Waals surface area contributed by atoms with Crippen molar-refractivity contribution in [2.45, 2.75) is 13.3 Å². The number of benzene rings is 1. The van der Waals surface area contributed by atoms with E-state index < -0.39 is 29.3 Å². The summed E-state index contributed by atoms with van der Waals surface area (Å²) in [5, 5.41) is -0.290. The smallest absolute Gasteiger partial charge is 0.405 e. The molecule has 0 N–H and O–H groups in total. The zero-order valence-corrected chi connectivity index (χ0v) is 8.62. The maximum atomic E-state index is 13.2. The van der Waals surface area contributed by atoms with Crippen molar-refractivity contribution in [2.75, 3.05) is 0 Å². The summed E-state index contributed by atoms with van der Waals surface area (Å²) >= 11 is 5.36. The second-order valence-corrected chi connectivity index (χ2v) is 3.30. The monoisotopic (exact) mass is 256 g/mol. The van der Waals surface area contributed by atoms with Gasteiger partial charge in [-0.25, -0.2) is 4.39 Å². The molecule has 0 saturated carbocycles. The topological polar surface area (TPSA) is 26.3 Å². The first-order valence-electron chi connectivity index (χ1n) is 3.96. The van der Waals surface area contributed by atoms with E-state index in [-0.39, 0.29) is 5.02 Å². The van der Waals surface area contributed by atoms with Crippen LogP contribution in [0.4, 0.5) is 17.6 Å². The highest BCUT2D eigenvalue weighted by Crippen LogP contribution is 2.31. The largest absolute Gasteiger partial charge is 0.573 e. The van der Waals surface area contributed by atoms with Crippen LogP contribution in [0, 0.1) is 5.82 Å². The van der Waals surface area contributed by atoms with Gasteiger partial charge in [0.25, 0.3) is 0 Å². The lowest BCUT2D eigenvalue weighted by atomic mass is 10.1. The summed E-state index contributed by atoms with van der Waals surface area (Å²) in [7, 11) is 0. The Morgan fingerprint density at radius 3 is 2.38 bits per heavy atom. The van der Waals surface area contributed by atoms with Crippen molar-refractivity contribution in [1.29, 1.82) is 0 Å². The number of ketones is 1. The minimum absolute atomic E-state index is 0.290. The molecule has 16 heavy (non-hydrogen) atoms. The van der Waals surface area contributed by atoms with Gasteiger partial charge in [-0.1, -0.05) is 11.6 Å². The van der Waals surface area contributed by atoms with E-state index in [1.54, 1.807) is 0 Å². The van der Waals surface area contributed by atoms with E-state index in [2.05, 4.69) is 4.74 Å². The summed E-state index contributed by atoms with van der Waals surface area (Å²) in [4.78, 5) is 11.0. The Morgan fingerprint density at radius 1 is 1.38 bits per heavy atom. The van der Waals surface area contributed by atoms with E-state index >= 15 is 0 Å². The van der Waals surface area contributed by atoms with Crippen molar-refractivity contribution < 1.29 is 27.1 Å². The molecule has 0 aliphatic rings. The molecule has 0 saturated heterocycles. The lowest BCUT2D eigenvalue weighted by Gasteiger charge is -2.12. The molecule has 0 aromatic heterocycles. The Balaban J connectivity index is 3.30. The fourth-order valence-corrected chi connectivity index (χ4v) is 1.29. The highest BCUT2D eigenvalue weighted by atomic mass is 35.5. The van der Waals surface area contributed by atoms with Crippen LogP contribution in [0.15, 0.2) is 12.1 Å². The van der Waals surface area contributed by atoms with Crippen LogP contribution in [0.5, 0.6) is 5.75 Å². The third-order valence-corrected chi connectivity index (χ3v) is 1.81. The van der Waals surface area contributed by atoms with Crippen LogP contribution in [0.3, 0.4) is 0 Å². The highest BCUT2D eigenvalue weighted by molar-refractivity contribution is 6.30. The standard InChI is InChI=1S/C9H5ClF4O2/c1-4(15)8-6(11)2-5(10)3-7(8)16-9(12,13)14/h2-3H,1H3. The van der Waals surface area contributed by atoms with E-state index in [0.717, 1.165) is 19.1 Å². The van der Waals surface area contributed by atoms with Crippen molar-refractivity contribution >= 4 is 17.4 Å². The number of alkyl halides is 3. The quantitative estimate of drug-likeness (QED) is 0.597. The minimum atomic E-state index is -5.01. The van der Waals surface area contributed by atoms with Gasteiger partial charge in [0.05, 0.1) is 5.56 Å². The summed E-state index contributed by atoms with van der Waals surface area (Å²) in [5.74, 6) is -2.97. The van der Waals surface area contributed by atoms with Crippen molar-refractivity contribution in [2.24, 2.45) is 0 Å². The first-order chi connectivity index (χ1) is 7.20. The summed E-state index contributed by atoms with van der Waals surface area (Å²) in [6, 6.07) is 1.47. The molecule has 1 aromatic carbocycles. The molecule has 0 spiro atoms. The van der Waals surface area contributed by atoms with Gasteiger partial charge in [0, 0.05) is 11.1 Å². The fourth-order valence-electron chi connectivity index (χ4n) is 1.10. The van der Waals surface area contributed by atoms with Crippen molar-refractivity contribution in [1.82, 2.24) is 0 Å². The Bertz CT molecular complexity index is 428. The SMILES string of the molecule is CC(=O)c1c(F)cc(Cl)cc1OC(F)(F)F. The maximum absolute atomic E-state index is 13.2. The number of carbonyl (C=O) groups excluding carboxylic acids is 1. The van der Waals surface area contributed by atoms with Crippen LogP contribution in [0.2, 0.25) is 5.02 Å². The van der Waals surface area contributed by atoms with E-state index in [0.29, 0.717) is 0 Å². The van der Waals surface area contributed by atoms with Crippen LogP contribution in [-0.4, -0.2) is 12.1 Å². The average Bonchev–Trinajstić information content (AvgIpc) is 1.96. The van der Waals surface area contributed by atoms with Crippen LogP contribution < -0.4 is 4.74 Å². The van der Waals surface area contributed by atoms with Crippen molar-refractivity contribution in [3.05, 3.63) is 28.5 Å². The number of carbonyl (C=O) groups is 1. The number of rotatable bonds is 2. The molecule has 7 heteroatoms. The van der Waals surface area contributed by atoms with E-state index in [1.807, 2.05) is 0 Å². The predicted octanol–water partition coefficient (Wildman–Crippen LogP) is 3.58. The second-order valence-electron chi connectivity index (χ2n) is 2.86. The van der Waals surface area contributed by atoms with Crippen molar-refractivity contribution in [3.8, 4) is 5.75 Å². The molecule has 1 rings (SSSR count). The van der Waals surface area contributed by atoms with Gasteiger partial charge >= 0.3 is 6.36 Å². The summed E-state index contributed by atoms with van der Waals surface area (Å²) in [6.07, 6.45) is -5.01. The molecule has 0 atom stereocenters. The van der Waals surface area contributed by atoms with Gasteiger partial charge in [0.15, 0.2) is 5.78 Å². The number of Topliss-reactive ketones (excluding diaryl/α,β-unsaturated/α-hetero) is 1. The molecule has 0 heterocycles. The average molecular weight is 257 g/mol. The van der Waals surface area contributed by atoms with E-state index in [1.165, 1.54) is 0 Å². The fraction of sp³-hybridized carbons (Fsp3) is 0.222. The van der Waals surface area contributed by atoms with Crippen LogP contribution in [0.25, 0.3) is 0 Å². The number of hydrogen-bond acceptors (Lipinski definition) is 2. The lowest BCUT2D eigenvalue weighted by molar-refractivity contribution is -0.274. The number of halogens is 5. The molecule has 0 aliphatic heterocycles. The minimum Gasteiger partial charge on any atom is -0.405 e. The normalized spacial score (nSPS) is 11.4. The molecule has 2 nitrogen and oxygen atoms in total. The molecule has 0 aliphatic carbocycles. The maximum Gasteiger partial charge on any atom is 0.573 e. The Labute approximate surface area is 92.8 Å². The molecular weight excluding hydrogens is 252 g/mol. The Kier molecular flexibility index (Phi) is 3.42. The number of ether oxygens (including phenoxy) is 1. The van der Waals surface area contributed by atoms with Crippen LogP contribution in [0.1, 0.15) is 17.3 Å². The molecule has 0 radical (unpaired) electrons. The zero-order chi connectivity index (χ0) is 12.5. The van der Waals surface area contributed by atoms with Crippen LogP contribution in [-0.2, 0) is 0 Å². The Morgan fingerprint density at radius 2 is 1.94 bits per heavy atom. The van der Waals surface area contributed by atoms with Crippen molar-refractivity contribution in [3.63, 3.8) is 0 Å². The zero-order valence-electron chi connectivity index (χ0n) is 7.86. The van der Waals surface area contributed by atoms with Gasteiger partial charge < -0.3 is 4.74 Å². The lowest BCUT2D eigenvalue weighted by Crippen LogP contribution is -2.19. The van der Waals surface area contributed by atoms with Gasteiger partial charge in [-0.05, 0) is 13.0 Å². The molecule has 0 fully saturated rings. The van der Waals surface area contributed by atoms with Gasteiger partial charge in [-0.2, -0.15) is 0 Å². The predicted molar refractivity (Wildman–Crippen MR) is 48.1 cm³/mol. The molecular formula is C9H5ClF4O2. The summed E-state index contributed by atoms with van der Waals surface area (Å²) in [6.45, 7) is 0.926. The summed E-state index contributed by atoms with van der Waals surface area (Å²) in [5.41, 5.74) is -0.776. The summed E-state index contributed by atoms with van der Waals surface area (Å²) < 4.78 is 52.5.